The van der Waals surface area contributed by atoms with Crippen LogP contribution < -0.4 is 0 Å². The van der Waals surface area contributed by atoms with Crippen LogP contribution in [0.15, 0.2) is 11.4 Å². The number of hydrogen-bond acceptors (Lipinski definition) is 1. The van der Waals surface area contributed by atoms with Gasteiger partial charge in [-0.3, -0.25) is 0 Å². The normalized spacial score (nSPS) is 26.3. The standard InChI is InChI=1S/C12H19FO2/c1-8(2)9-4-3-5-10(7-6-9)11(13)12(14)15/h8-9H,3-7H2,1-2H3,(H,14,15)/b11-10-. The van der Waals surface area contributed by atoms with Crippen LogP contribution in [0.5, 0.6) is 0 Å². The zero-order chi connectivity index (χ0) is 11.4. The summed E-state index contributed by atoms with van der Waals surface area (Å²) in [6, 6.07) is 0. The molecule has 0 amide bonds. The molecule has 86 valence electrons. The average Bonchev–Trinajstić information content (AvgIpc) is 2.41. The van der Waals surface area contributed by atoms with E-state index in [-0.39, 0.29) is 0 Å². The Kier molecular flexibility index (Phi) is 4.30. The number of carboxylic acids is 1. The van der Waals surface area contributed by atoms with Crippen molar-refractivity contribution in [2.45, 2.75) is 46.0 Å². The monoisotopic (exact) mass is 214 g/mol. The van der Waals surface area contributed by atoms with Crippen molar-refractivity contribution in [2.75, 3.05) is 0 Å². The summed E-state index contributed by atoms with van der Waals surface area (Å²) >= 11 is 0. The highest BCUT2D eigenvalue weighted by molar-refractivity contribution is 5.84. The third-order valence-electron chi connectivity index (χ3n) is 3.31. The third kappa shape index (κ3) is 3.33. The number of aliphatic carboxylic acids is 1. The molecule has 1 saturated carbocycles. The Balaban J connectivity index is 2.68. The lowest BCUT2D eigenvalue weighted by molar-refractivity contribution is -0.134. The van der Waals surface area contributed by atoms with Gasteiger partial charge in [-0.1, -0.05) is 13.8 Å². The van der Waals surface area contributed by atoms with Gasteiger partial charge in [-0.05, 0) is 49.5 Å². The molecular formula is C12H19FO2. The zero-order valence-corrected chi connectivity index (χ0v) is 9.42. The summed E-state index contributed by atoms with van der Waals surface area (Å²) in [5, 5.41) is 8.57. The molecule has 0 aromatic rings. The highest BCUT2D eigenvalue weighted by Crippen LogP contribution is 2.32. The molecule has 1 aliphatic carbocycles. The second kappa shape index (κ2) is 5.29. The Morgan fingerprint density at radius 2 is 2.07 bits per heavy atom. The van der Waals surface area contributed by atoms with Crippen LogP contribution in [-0.2, 0) is 4.79 Å². The predicted octanol–water partition coefficient (Wildman–Crippen LogP) is 3.53. The van der Waals surface area contributed by atoms with Gasteiger partial charge in [0.2, 0.25) is 5.83 Å². The van der Waals surface area contributed by atoms with E-state index in [1.165, 1.54) is 0 Å². The van der Waals surface area contributed by atoms with E-state index in [1.54, 1.807) is 0 Å². The lowest BCUT2D eigenvalue weighted by atomic mass is 9.89. The van der Waals surface area contributed by atoms with Gasteiger partial charge in [0.25, 0.3) is 0 Å². The Morgan fingerprint density at radius 3 is 2.60 bits per heavy atom. The molecule has 2 nitrogen and oxygen atoms in total. The van der Waals surface area contributed by atoms with E-state index in [9.17, 15) is 9.18 Å². The first kappa shape index (κ1) is 12.2. The maximum Gasteiger partial charge on any atom is 0.364 e. The summed E-state index contributed by atoms with van der Waals surface area (Å²) in [5.41, 5.74) is 0.505. The molecule has 1 aliphatic rings. The van der Waals surface area contributed by atoms with Gasteiger partial charge in [0.15, 0.2) is 0 Å². The minimum atomic E-state index is -1.41. The first-order valence-corrected chi connectivity index (χ1v) is 5.63. The van der Waals surface area contributed by atoms with Crippen molar-refractivity contribution in [2.24, 2.45) is 11.8 Å². The zero-order valence-electron chi connectivity index (χ0n) is 9.42. The van der Waals surface area contributed by atoms with Crippen LogP contribution >= 0.6 is 0 Å². The number of halogens is 1. The molecule has 1 rings (SSSR count). The first-order chi connectivity index (χ1) is 7.02. The number of hydrogen-bond donors (Lipinski definition) is 1. The van der Waals surface area contributed by atoms with E-state index in [0.717, 1.165) is 19.3 Å². The molecule has 3 heteroatoms. The molecule has 1 N–H and O–H groups in total. The summed E-state index contributed by atoms with van der Waals surface area (Å²) in [6.45, 7) is 4.35. The van der Waals surface area contributed by atoms with E-state index in [1.807, 2.05) is 0 Å². The molecule has 0 radical (unpaired) electrons. The van der Waals surface area contributed by atoms with Crippen LogP contribution in [0.2, 0.25) is 0 Å². The minimum Gasteiger partial charge on any atom is -0.476 e. The molecule has 0 aromatic heterocycles. The minimum absolute atomic E-state index is 0.505. The van der Waals surface area contributed by atoms with Crippen molar-refractivity contribution >= 4 is 5.97 Å². The average molecular weight is 214 g/mol. The maximum absolute atomic E-state index is 13.2. The van der Waals surface area contributed by atoms with Crippen LogP contribution in [0.1, 0.15) is 46.0 Å². The molecule has 1 atom stereocenters. The fraction of sp³-hybridized carbons (Fsp3) is 0.750. The van der Waals surface area contributed by atoms with E-state index in [4.69, 9.17) is 5.11 Å². The molecule has 0 heterocycles. The van der Waals surface area contributed by atoms with E-state index < -0.39 is 11.8 Å². The van der Waals surface area contributed by atoms with Crippen LogP contribution in [-0.4, -0.2) is 11.1 Å². The van der Waals surface area contributed by atoms with Gasteiger partial charge in [-0.2, -0.15) is 4.39 Å². The van der Waals surface area contributed by atoms with Crippen LogP contribution in [0.3, 0.4) is 0 Å². The quantitative estimate of drug-likeness (QED) is 0.564. The SMILES string of the molecule is CC(C)C1CCC/C(=C(/F)C(=O)O)CC1. The van der Waals surface area contributed by atoms with E-state index in [0.29, 0.717) is 30.3 Å². The van der Waals surface area contributed by atoms with Crippen LogP contribution in [0, 0.1) is 11.8 Å². The highest BCUT2D eigenvalue weighted by Gasteiger charge is 2.21. The van der Waals surface area contributed by atoms with Gasteiger partial charge in [0.05, 0.1) is 0 Å². The molecule has 1 fully saturated rings. The van der Waals surface area contributed by atoms with Gasteiger partial charge < -0.3 is 5.11 Å². The van der Waals surface area contributed by atoms with Gasteiger partial charge in [-0.15, -0.1) is 0 Å². The Hall–Kier alpha value is -0.860. The van der Waals surface area contributed by atoms with Gasteiger partial charge in [-0.25, -0.2) is 4.79 Å². The van der Waals surface area contributed by atoms with E-state index in [2.05, 4.69) is 13.8 Å². The predicted molar refractivity (Wildman–Crippen MR) is 57.2 cm³/mol. The molecule has 15 heavy (non-hydrogen) atoms. The third-order valence-corrected chi connectivity index (χ3v) is 3.31. The molecule has 0 aliphatic heterocycles. The lowest BCUT2D eigenvalue weighted by Crippen LogP contribution is -2.06. The lowest BCUT2D eigenvalue weighted by Gasteiger charge is -2.17. The number of allylic oxidation sites excluding steroid dienone is 1. The second-order valence-corrected chi connectivity index (χ2v) is 4.66. The van der Waals surface area contributed by atoms with Crippen molar-refractivity contribution in [1.29, 1.82) is 0 Å². The summed E-state index contributed by atoms with van der Waals surface area (Å²) in [6.07, 6.45) is 4.16. The Morgan fingerprint density at radius 1 is 1.40 bits per heavy atom. The Bertz CT molecular complexity index is 269. The van der Waals surface area contributed by atoms with E-state index >= 15 is 0 Å². The number of carbonyl (C=O) groups is 1. The summed E-state index contributed by atoms with van der Waals surface area (Å²) in [7, 11) is 0. The van der Waals surface area contributed by atoms with Crippen LogP contribution in [0.25, 0.3) is 0 Å². The van der Waals surface area contributed by atoms with Crippen molar-refractivity contribution < 1.29 is 14.3 Å². The van der Waals surface area contributed by atoms with Crippen molar-refractivity contribution in [3.63, 3.8) is 0 Å². The van der Waals surface area contributed by atoms with Crippen LogP contribution in [0.4, 0.5) is 4.39 Å². The second-order valence-electron chi connectivity index (χ2n) is 4.66. The first-order valence-electron chi connectivity index (χ1n) is 5.63. The van der Waals surface area contributed by atoms with Gasteiger partial charge in [0.1, 0.15) is 0 Å². The highest BCUT2D eigenvalue weighted by atomic mass is 19.1. The smallest absolute Gasteiger partial charge is 0.364 e. The van der Waals surface area contributed by atoms with Crippen molar-refractivity contribution in [1.82, 2.24) is 0 Å². The van der Waals surface area contributed by atoms with Gasteiger partial charge in [0, 0.05) is 0 Å². The van der Waals surface area contributed by atoms with Gasteiger partial charge >= 0.3 is 5.97 Å². The molecular weight excluding hydrogens is 195 g/mol. The fourth-order valence-corrected chi connectivity index (χ4v) is 2.24. The summed E-state index contributed by atoms with van der Waals surface area (Å²) in [4.78, 5) is 10.5. The summed E-state index contributed by atoms with van der Waals surface area (Å²) < 4.78 is 13.2. The Labute approximate surface area is 90.2 Å². The maximum atomic E-state index is 13.2. The number of rotatable bonds is 2. The molecule has 0 saturated heterocycles. The fourth-order valence-electron chi connectivity index (χ4n) is 2.24. The van der Waals surface area contributed by atoms with Crippen molar-refractivity contribution in [3.8, 4) is 0 Å². The topological polar surface area (TPSA) is 37.3 Å². The molecule has 0 aromatic carbocycles. The largest absolute Gasteiger partial charge is 0.476 e. The molecule has 0 spiro atoms. The van der Waals surface area contributed by atoms with Crippen molar-refractivity contribution in [3.05, 3.63) is 11.4 Å². The molecule has 0 bridgehead atoms. The number of carboxylic acid groups (broad SMARTS) is 1. The summed E-state index contributed by atoms with van der Waals surface area (Å²) in [5.74, 6) is -1.10. The molecule has 1 unspecified atom stereocenters.